The molecule has 0 saturated heterocycles. The molecule has 0 spiro atoms. The Hall–Kier alpha value is -1.09. The average molecular weight is 206 g/mol. The molecule has 1 fully saturated rings. The van der Waals surface area contributed by atoms with Gasteiger partial charge in [-0.1, -0.05) is 13.3 Å². The van der Waals surface area contributed by atoms with Crippen molar-refractivity contribution in [1.82, 2.24) is 4.98 Å². The third-order valence-electron chi connectivity index (χ3n) is 3.60. The summed E-state index contributed by atoms with van der Waals surface area (Å²) in [6, 6.07) is 1.76. The quantitative estimate of drug-likeness (QED) is 0.778. The van der Waals surface area contributed by atoms with Crippen LogP contribution >= 0.6 is 0 Å². The first-order chi connectivity index (χ1) is 7.18. The van der Waals surface area contributed by atoms with Crippen LogP contribution in [0.25, 0.3) is 0 Å². The fraction of sp³-hybridized carbons (Fsp3) is 0.583. The van der Waals surface area contributed by atoms with Crippen molar-refractivity contribution in [2.75, 3.05) is 5.73 Å². The minimum atomic E-state index is -0.743. The molecule has 1 heterocycles. The van der Waals surface area contributed by atoms with E-state index in [9.17, 15) is 5.11 Å². The van der Waals surface area contributed by atoms with Crippen molar-refractivity contribution >= 4 is 5.69 Å². The summed E-state index contributed by atoms with van der Waals surface area (Å²) in [4.78, 5) is 4.06. The first kappa shape index (κ1) is 10.4. The van der Waals surface area contributed by atoms with E-state index in [0.29, 0.717) is 11.6 Å². The van der Waals surface area contributed by atoms with E-state index >= 15 is 0 Å². The van der Waals surface area contributed by atoms with Crippen LogP contribution in [0.15, 0.2) is 18.5 Å². The van der Waals surface area contributed by atoms with Gasteiger partial charge >= 0.3 is 0 Å². The summed E-state index contributed by atoms with van der Waals surface area (Å²) in [6.45, 7) is 2.12. The van der Waals surface area contributed by atoms with Crippen molar-refractivity contribution in [3.63, 3.8) is 0 Å². The Bertz CT molecular complexity index is 353. The third-order valence-corrected chi connectivity index (χ3v) is 3.60. The van der Waals surface area contributed by atoms with Crippen molar-refractivity contribution < 1.29 is 5.11 Å². The largest absolute Gasteiger partial charge is 0.398 e. The van der Waals surface area contributed by atoms with Crippen molar-refractivity contribution in [2.45, 2.75) is 38.2 Å². The molecule has 1 aromatic rings. The van der Waals surface area contributed by atoms with Gasteiger partial charge in [-0.3, -0.25) is 4.98 Å². The van der Waals surface area contributed by atoms with Crippen molar-refractivity contribution in [2.24, 2.45) is 5.92 Å². The van der Waals surface area contributed by atoms with E-state index in [-0.39, 0.29) is 0 Å². The number of hydrogen-bond donors (Lipinski definition) is 2. The lowest BCUT2D eigenvalue weighted by atomic mass is 9.82. The number of pyridine rings is 1. The van der Waals surface area contributed by atoms with Gasteiger partial charge in [-0.25, -0.2) is 0 Å². The Kier molecular flexibility index (Phi) is 2.65. The zero-order valence-electron chi connectivity index (χ0n) is 9.11. The zero-order valence-corrected chi connectivity index (χ0v) is 9.11. The number of hydrogen-bond acceptors (Lipinski definition) is 3. The Balaban J connectivity index is 2.40. The number of aromatic nitrogens is 1. The molecule has 1 aromatic heterocycles. The summed E-state index contributed by atoms with van der Waals surface area (Å²) < 4.78 is 0. The van der Waals surface area contributed by atoms with E-state index in [4.69, 9.17) is 5.73 Å². The second kappa shape index (κ2) is 3.81. The minimum Gasteiger partial charge on any atom is -0.398 e. The molecule has 0 amide bonds. The van der Waals surface area contributed by atoms with E-state index in [0.717, 1.165) is 31.2 Å². The highest BCUT2D eigenvalue weighted by atomic mass is 16.3. The topological polar surface area (TPSA) is 59.1 Å². The monoisotopic (exact) mass is 206 g/mol. The molecule has 3 nitrogen and oxygen atoms in total. The first-order valence-electron chi connectivity index (χ1n) is 5.61. The maximum absolute atomic E-state index is 10.7. The Morgan fingerprint density at radius 3 is 3.13 bits per heavy atom. The van der Waals surface area contributed by atoms with E-state index in [1.54, 1.807) is 18.5 Å². The lowest BCUT2D eigenvalue weighted by molar-refractivity contribution is -0.00344. The number of nitrogens with two attached hydrogens (primary N) is 1. The van der Waals surface area contributed by atoms with Gasteiger partial charge in [-0.05, 0) is 31.2 Å². The maximum Gasteiger partial charge on any atom is 0.0959 e. The molecule has 1 saturated carbocycles. The molecule has 2 atom stereocenters. The Labute approximate surface area is 90.3 Å². The zero-order chi connectivity index (χ0) is 10.9. The summed E-state index contributed by atoms with van der Waals surface area (Å²) in [5.74, 6) is 0.323. The molecule has 0 aromatic carbocycles. The Morgan fingerprint density at radius 2 is 2.47 bits per heavy atom. The van der Waals surface area contributed by atoms with E-state index in [1.807, 2.05) is 0 Å². The van der Waals surface area contributed by atoms with Crippen LogP contribution in [0.4, 0.5) is 5.69 Å². The molecule has 0 radical (unpaired) electrons. The standard InChI is InChI=1S/C12H18N2O/c1-2-9-4-3-6-12(9,15)10-8-14-7-5-11(10)13/h5,7-9,15H,2-4,6H2,1H3,(H2,13,14). The van der Waals surface area contributed by atoms with Crippen LogP contribution in [0.5, 0.6) is 0 Å². The van der Waals surface area contributed by atoms with Gasteiger partial charge in [0.2, 0.25) is 0 Å². The number of anilines is 1. The SMILES string of the molecule is CCC1CCCC1(O)c1cnccc1N. The van der Waals surface area contributed by atoms with Gasteiger partial charge in [0.25, 0.3) is 0 Å². The van der Waals surface area contributed by atoms with Gasteiger partial charge in [0.15, 0.2) is 0 Å². The lowest BCUT2D eigenvalue weighted by Gasteiger charge is -2.30. The highest BCUT2D eigenvalue weighted by Crippen LogP contribution is 2.46. The summed E-state index contributed by atoms with van der Waals surface area (Å²) >= 11 is 0. The molecular formula is C12H18N2O. The predicted molar refractivity (Wildman–Crippen MR) is 60.2 cm³/mol. The third kappa shape index (κ3) is 1.61. The number of rotatable bonds is 2. The van der Waals surface area contributed by atoms with Crippen LogP contribution in [-0.4, -0.2) is 10.1 Å². The summed E-state index contributed by atoms with van der Waals surface area (Å²) in [6.07, 6.45) is 7.33. The molecule has 3 heteroatoms. The van der Waals surface area contributed by atoms with Crippen LogP contribution in [0.1, 0.15) is 38.2 Å². The molecule has 0 aliphatic heterocycles. The minimum absolute atomic E-state index is 0.323. The van der Waals surface area contributed by atoms with Crippen LogP contribution in [0.3, 0.4) is 0 Å². The van der Waals surface area contributed by atoms with Crippen LogP contribution < -0.4 is 5.73 Å². The van der Waals surface area contributed by atoms with Crippen molar-refractivity contribution in [3.05, 3.63) is 24.0 Å². The smallest absolute Gasteiger partial charge is 0.0959 e. The Morgan fingerprint density at radius 1 is 1.67 bits per heavy atom. The van der Waals surface area contributed by atoms with Gasteiger partial charge in [0.05, 0.1) is 5.60 Å². The molecule has 1 aliphatic rings. The van der Waals surface area contributed by atoms with Gasteiger partial charge in [0, 0.05) is 23.6 Å². The second-order valence-corrected chi connectivity index (χ2v) is 4.38. The van der Waals surface area contributed by atoms with E-state index in [2.05, 4.69) is 11.9 Å². The summed E-state index contributed by atoms with van der Waals surface area (Å²) in [5, 5.41) is 10.7. The molecule has 2 unspecified atom stereocenters. The lowest BCUT2D eigenvalue weighted by Crippen LogP contribution is -2.31. The molecule has 3 N–H and O–H groups in total. The molecule has 15 heavy (non-hydrogen) atoms. The van der Waals surface area contributed by atoms with Gasteiger partial charge in [-0.15, -0.1) is 0 Å². The van der Waals surface area contributed by atoms with Gasteiger partial charge < -0.3 is 10.8 Å². The highest BCUT2D eigenvalue weighted by Gasteiger charge is 2.42. The fourth-order valence-electron chi connectivity index (χ4n) is 2.72. The number of nitrogens with zero attached hydrogens (tertiary/aromatic N) is 1. The van der Waals surface area contributed by atoms with Gasteiger partial charge in [-0.2, -0.15) is 0 Å². The molecule has 0 bridgehead atoms. The molecule has 82 valence electrons. The molecule has 1 aliphatic carbocycles. The van der Waals surface area contributed by atoms with Crippen molar-refractivity contribution in [1.29, 1.82) is 0 Å². The van der Waals surface area contributed by atoms with Crippen LogP contribution in [-0.2, 0) is 5.60 Å². The fourth-order valence-corrected chi connectivity index (χ4v) is 2.72. The van der Waals surface area contributed by atoms with Gasteiger partial charge in [0.1, 0.15) is 0 Å². The summed E-state index contributed by atoms with van der Waals surface area (Å²) in [7, 11) is 0. The predicted octanol–water partition coefficient (Wildman–Crippen LogP) is 2.06. The summed E-state index contributed by atoms with van der Waals surface area (Å²) in [5.41, 5.74) is 6.63. The average Bonchev–Trinajstić information content (AvgIpc) is 2.61. The maximum atomic E-state index is 10.7. The normalized spacial score (nSPS) is 30.7. The van der Waals surface area contributed by atoms with E-state index in [1.165, 1.54) is 0 Å². The van der Waals surface area contributed by atoms with E-state index < -0.39 is 5.60 Å². The molecular weight excluding hydrogens is 188 g/mol. The second-order valence-electron chi connectivity index (χ2n) is 4.38. The first-order valence-corrected chi connectivity index (χ1v) is 5.61. The number of nitrogen functional groups attached to an aromatic ring is 1. The number of aliphatic hydroxyl groups is 1. The van der Waals surface area contributed by atoms with Crippen molar-refractivity contribution in [3.8, 4) is 0 Å². The highest BCUT2D eigenvalue weighted by molar-refractivity contribution is 5.48. The van der Waals surface area contributed by atoms with Crippen LogP contribution in [0, 0.1) is 5.92 Å². The molecule has 2 rings (SSSR count). The van der Waals surface area contributed by atoms with Crippen LogP contribution in [0.2, 0.25) is 0 Å².